The SMILES string of the molecule is CCOC(=O)N1CCOC(c2cscc2NS(=O)(=O)c2cccc(Cl)c2C)C1. The van der Waals surface area contributed by atoms with Crippen LogP contribution < -0.4 is 4.72 Å². The summed E-state index contributed by atoms with van der Waals surface area (Å²) in [5, 5.41) is 3.91. The summed E-state index contributed by atoms with van der Waals surface area (Å²) in [4.78, 5) is 13.7. The molecule has 1 N–H and O–H groups in total. The topological polar surface area (TPSA) is 84.9 Å². The Morgan fingerprint density at radius 1 is 1.43 bits per heavy atom. The van der Waals surface area contributed by atoms with Gasteiger partial charge in [-0.25, -0.2) is 13.2 Å². The van der Waals surface area contributed by atoms with Crippen molar-refractivity contribution < 1.29 is 22.7 Å². The second-order valence-corrected chi connectivity index (χ2v) is 9.02. The summed E-state index contributed by atoms with van der Waals surface area (Å²) >= 11 is 7.42. The number of hydrogen-bond acceptors (Lipinski definition) is 6. The number of benzene rings is 1. The van der Waals surface area contributed by atoms with E-state index in [0.717, 1.165) is 0 Å². The molecule has 1 saturated heterocycles. The molecular weight excluding hydrogens is 424 g/mol. The summed E-state index contributed by atoms with van der Waals surface area (Å²) in [7, 11) is -3.82. The summed E-state index contributed by atoms with van der Waals surface area (Å²) < 4.78 is 39.2. The minimum absolute atomic E-state index is 0.120. The summed E-state index contributed by atoms with van der Waals surface area (Å²) in [6.45, 7) is 4.78. The lowest BCUT2D eigenvalue weighted by Gasteiger charge is -2.32. The van der Waals surface area contributed by atoms with Gasteiger partial charge in [-0.15, -0.1) is 11.3 Å². The molecule has 1 atom stereocenters. The van der Waals surface area contributed by atoms with Gasteiger partial charge in [0.1, 0.15) is 6.10 Å². The van der Waals surface area contributed by atoms with Gasteiger partial charge < -0.3 is 14.4 Å². The Bertz CT molecular complexity index is 961. The van der Waals surface area contributed by atoms with E-state index in [2.05, 4.69) is 4.72 Å². The molecule has 1 aromatic heterocycles. The lowest BCUT2D eigenvalue weighted by atomic mass is 10.1. The molecule has 1 amide bonds. The number of hydrogen-bond donors (Lipinski definition) is 1. The number of nitrogens with zero attached hydrogens (tertiary/aromatic N) is 1. The van der Waals surface area contributed by atoms with Crippen LogP contribution in [0.25, 0.3) is 0 Å². The van der Waals surface area contributed by atoms with Gasteiger partial charge in [0, 0.05) is 22.5 Å². The monoisotopic (exact) mass is 444 g/mol. The van der Waals surface area contributed by atoms with Gasteiger partial charge in [0.2, 0.25) is 0 Å². The number of halogens is 1. The van der Waals surface area contributed by atoms with E-state index in [1.807, 2.05) is 5.38 Å². The first-order chi connectivity index (χ1) is 13.3. The average molecular weight is 445 g/mol. The van der Waals surface area contributed by atoms with Gasteiger partial charge in [0.05, 0.1) is 30.3 Å². The number of anilines is 1. The zero-order chi connectivity index (χ0) is 20.3. The molecule has 28 heavy (non-hydrogen) atoms. The van der Waals surface area contributed by atoms with Crippen LogP contribution >= 0.6 is 22.9 Å². The van der Waals surface area contributed by atoms with Crippen molar-refractivity contribution in [2.75, 3.05) is 31.0 Å². The van der Waals surface area contributed by atoms with Crippen LogP contribution in [0, 0.1) is 6.92 Å². The second-order valence-electron chi connectivity index (χ2n) is 6.21. The van der Waals surface area contributed by atoms with Crippen molar-refractivity contribution in [3.05, 3.63) is 45.1 Å². The van der Waals surface area contributed by atoms with Crippen LogP contribution in [0.5, 0.6) is 0 Å². The molecule has 1 fully saturated rings. The van der Waals surface area contributed by atoms with Crippen LogP contribution in [0.15, 0.2) is 33.9 Å². The van der Waals surface area contributed by atoms with Gasteiger partial charge in [-0.3, -0.25) is 4.72 Å². The second kappa shape index (κ2) is 8.69. The summed E-state index contributed by atoms with van der Waals surface area (Å²) in [5.41, 5.74) is 1.60. The van der Waals surface area contributed by atoms with E-state index in [0.29, 0.717) is 48.1 Å². The van der Waals surface area contributed by atoms with Crippen LogP contribution in [-0.2, 0) is 19.5 Å². The zero-order valence-electron chi connectivity index (χ0n) is 15.5. The highest BCUT2D eigenvalue weighted by Crippen LogP contribution is 2.34. The van der Waals surface area contributed by atoms with Crippen molar-refractivity contribution in [2.24, 2.45) is 0 Å². The smallest absolute Gasteiger partial charge is 0.409 e. The Labute approximate surface area is 173 Å². The van der Waals surface area contributed by atoms with Gasteiger partial charge in [0.25, 0.3) is 10.0 Å². The van der Waals surface area contributed by atoms with Crippen LogP contribution in [0.3, 0.4) is 0 Å². The third-order valence-electron chi connectivity index (χ3n) is 4.38. The fourth-order valence-electron chi connectivity index (χ4n) is 2.94. The highest BCUT2D eigenvalue weighted by Gasteiger charge is 2.29. The first kappa shape index (κ1) is 20.9. The molecule has 10 heteroatoms. The largest absolute Gasteiger partial charge is 0.450 e. The molecule has 0 spiro atoms. The molecule has 3 rings (SSSR count). The fraction of sp³-hybridized carbons (Fsp3) is 0.389. The predicted molar refractivity (Wildman–Crippen MR) is 109 cm³/mol. The van der Waals surface area contributed by atoms with Crippen molar-refractivity contribution in [1.82, 2.24) is 4.90 Å². The Balaban J connectivity index is 1.82. The molecule has 0 bridgehead atoms. The molecule has 0 saturated carbocycles. The lowest BCUT2D eigenvalue weighted by Crippen LogP contribution is -2.42. The Morgan fingerprint density at radius 2 is 2.21 bits per heavy atom. The quantitative estimate of drug-likeness (QED) is 0.752. The van der Waals surface area contributed by atoms with Crippen molar-refractivity contribution in [3.8, 4) is 0 Å². The number of carbonyl (C=O) groups is 1. The van der Waals surface area contributed by atoms with E-state index < -0.39 is 22.2 Å². The Kier molecular flexibility index (Phi) is 6.49. The number of ether oxygens (including phenoxy) is 2. The number of nitrogens with one attached hydrogen (secondary N) is 1. The first-order valence-corrected chi connectivity index (χ1v) is 11.5. The molecule has 2 aromatic rings. The maximum absolute atomic E-state index is 12.9. The zero-order valence-corrected chi connectivity index (χ0v) is 17.9. The van der Waals surface area contributed by atoms with E-state index in [1.165, 1.54) is 17.4 Å². The standard InChI is InChI=1S/C18H21ClN2O5S2/c1-3-25-18(22)21-7-8-26-16(9-21)13-10-27-11-15(13)20-28(23,24)17-6-4-5-14(19)12(17)2/h4-6,10-11,16,20H,3,7-9H2,1-2H3. The number of morpholine rings is 1. The summed E-state index contributed by atoms with van der Waals surface area (Å²) in [6.07, 6.45) is -0.842. The van der Waals surface area contributed by atoms with Gasteiger partial charge in [-0.1, -0.05) is 17.7 Å². The van der Waals surface area contributed by atoms with Crippen molar-refractivity contribution >= 4 is 44.7 Å². The highest BCUT2D eigenvalue weighted by atomic mass is 35.5. The third kappa shape index (κ3) is 4.43. The minimum Gasteiger partial charge on any atom is -0.450 e. The third-order valence-corrected chi connectivity index (χ3v) is 7.06. The number of amides is 1. The molecule has 1 aromatic carbocycles. The van der Waals surface area contributed by atoms with Crippen LogP contribution in [0.1, 0.15) is 24.2 Å². The van der Waals surface area contributed by atoms with Crippen LogP contribution in [-0.4, -0.2) is 45.7 Å². The van der Waals surface area contributed by atoms with Crippen molar-refractivity contribution in [1.29, 1.82) is 0 Å². The highest BCUT2D eigenvalue weighted by molar-refractivity contribution is 7.92. The molecule has 0 radical (unpaired) electrons. The van der Waals surface area contributed by atoms with Gasteiger partial charge >= 0.3 is 6.09 Å². The van der Waals surface area contributed by atoms with E-state index in [1.54, 1.807) is 36.3 Å². The maximum Gasteiger partial charge on any atom is 0.409 e. The number of carbonyl (C=O) groups excluding carboxylic acids is 1. The molecular formula is C18H21ClN2O5S2. The Morgan fingerprint density at radius 3 is 2.96 bits per heavy atom. The van der Waals surface area contributed by atoms with Crippen molar-refractivity contribution in [2.45, 2.75) is 24.8 Å². The minimum atomic E-state index is -3.82. The van der Waals surface area contributed by atoms with Crippen LogP contribution in [0.2, 0.25) is 5.02 Å². The molecule has 1 aliphatic heterocycles. The van der Waals surface area contributed by atoms with Gasteiger partial charge in [0.15, 0.2) is 0 Å². The van der Waals surface area contributed by atoms with E-state index in [-0.39, 0.29) is 4.90 Å². The van der Waals surface area contributed by atoms with Gasteiger partial charge in [-0.05, 0) is 36.9 Å². The lowest BCUT2D eigenvalue weighted by molar-refractivity contribution is -0.0274. The molecule has 1 aliphatic rings. The fourth-order valence-corrected chi connectivity index (χ4v) is 5.41. The number of thiophene rings is 1. The number of sulfonamides is 1. The number of rotatable bonds is 5. The van der Waals surface area contributed by atoms with E-state index in [9.17, 15) is 13.2 Å². The van der Waals surface area contributed by atoms with E-state index >= 15 is 0 Å². The van der Waals surface area contributed by atoms with Crippen molar-refractivity contribution in [3.63, 3.8) is 0 Å². The normalized spacial score (nSPS) is 17.4. The molecule has 0 aliphatic carbocycles. The first-order valence-electron chi connectivity index (χ1n) is 8.70. The van der Waals surface area contributed by atoms with Crippen LogP contribution in [0.4, 0.5) is 10.5 Å². The summed E-state index contributed by atoms with van der Waals surface area (Å²) in [6, 6.07) is 4.75. The predicted octanol–water partition coefficient (Wildman–Crippen LogP) is 4.04. The molecule has 1 unspecified atom stereocenters. The average Bonchev–Trinajstić information content (AvgIpc) is 3.11. The molecule has 152 valence electrons. The van der Waals surface area contributed by atoms with Gasteiger partial charge in [-0.2, -0.15) is 0 Å². The van der Waals surface area contributed by atoms with E-state index in [4.69, 9.17) is 21.1 Å². The Hall–Kier alpha value is -1.81. The molecule has 7 nitrogen and oxygen atoms in total. The molecule has 2 heterocycles. The maximum atomic E-state index is 12.9. The summed E-state index contributed by atoms with van der Waals surface area (Å²) in [5.74, 6) is 0.